The fraction of sp³-hybridized carbons (Fsp3) is 0.467. The summed E-state index contributed by atoms with van der Waals surface area (Å²) in [6.45, 7) is 5.87. The van der Waals surface area contributed by atoms with Crippen LogP contribution < -0.4 is 11.1 Å². The van der Waals surface area contributed by atoms with E-state index in [9.17, 15) is 0 Å². The minimum atomic E-state index is 0.0424. The summed E-state index contributed by atoms with van der Waals surface area (Å²) in [6, 6.07) is 10.2. The Kier molecular flexibility index (Phi) is 5.12. The van der Waals surface area contributed by atoms with Crippen molar-refractivity contribution in [2.75, 3.05) is 11.9 Å². The van der Waals surface area contributed by atoms with Crippen LogP contribution in [0.1, 0.15) is 37.7 Å². The van der Waals surface area contributed by atoms with Crippen molar-refractivity contribution >= 4 is 5.95 Å². The lowest BCUT2D eigenvalue weighted by Gasteiger charge is -2.12. The zero-order valence-electron chi connectivity index (χ0n) is 12.2. The number of hydrogen-bond acceptors (Lipinski definition) is 4. The molecule has 1 unspecified atom stereocenters. The molecule has 1 atom stereocenters. The number of nitrogens with one attached hydrogen (secondary N) is 1. The number of aromatic nitrogens is 3. The molecule has 2 rings (SSSR count). The first kappa shape index (κ1) is 14.5. The first-order chi connectivity index (χ1) is 9.76. The normalized spacial score (nSPS) is 12.3. The van der Waals surface area contributed by atoms with Gasteiger partial charge >= 0.3 is 0 Å². The van der Waals surface area contributed by atoms with E-state index in [-0.39, 0.29) is 6.04 Å². The molecule has 5 nitrogen and oxygen atoms in total. The van der Waals surface area contributed by atoms with Gasteiger partial charge < -0.3 is 11.1 Å². The van der Waals surface area contributed by atoms with Crippen LogP contribution in [0.5, 0.6) is 0 Å². The second kappa shape index (κ2) is 7.05. The molecule has 5 heteroatoms. The Morgan fingerprint density at radius 2 is 1.95 bits per heavy atom. The zero-order valence-corrected chi connectivity index (χ0v) is 12.2. The number of aryl methyl sites for hydroxylation is 1. The Bertz CT molecular complexity index is 520. The van der Waals surface area contributed by atoms with Gasteiger partial charge in [0.05, 0.1) is 0 Å². The summed E-state index contributed by atoms with van der Waals surface area (Å²) in [7, 11) is 0. The minimum absolute atomic E-state index is 0.0424. The summed E-state index contributed by atoms with van der Waals surface area (Å²) in [6.07, 6.45) is 1.70. The van der Waals surface area contributed by atoms with Crippen molar-refractivity contribution in [1.29, 1.82) is 0 Å². The number of hydrogen-bond donors (Lipinski definition) is 2. The van der Waals surface area contributed by atoms with Crippen molar-refractivity contribution in [1.82, 2.24) is 14.8 Å². The third-order valence-electron chi connectivity index (χ3n) is 3.39. The molecule has 0 amide bonds. The van der Waals surface area contributed by atoms with Crippen molar-refractivity contribution in [3.8, 4) is 0 Å². The second-order valence-electron chi connectivity index (χ2n) is 4.77. The monoisotopic (exact) mass is 273 g/mol. The third-order valence-corrected chi connectivity index (χ3v) is 3.39. The van der Waals surface area contributed by atoms with E-state index in [4.69, 9.17) is 5.73 Å². The van der Waals surface area contributed by atoms with E-state index in [1.807, 2.05) is 18.2 Å². The molecular weight excluding hydrogens is 250 g/mol. The van der Waals surface area contributed by atoms with Gasteiger partial charge in [0.1, 0.15) is 5.82 Å². The van der Waals surface area contributed by atoms with Crippen LogP contribution in [0.4, 0.5) is 5.95 Å². The molecule has 0 saturated heterocycles. The van der Waals surface area contributed by atoms with Gasteiger partial charge in [0.2, 0.25) is 5.95 Å². The van der Waals surface area contributed by atoms with Gasteiger partial charge in [0, 0.05) is 25.6 Å². The quantitative estimate of drug-likeness (QED) is 0.812. The SMILES string of the molecule is CCNc1nnc(CCC(N)c2ccccc2)n1CC. The molecule has 20 heavy (non-hydrogen) atoms. The van der Waals surface area contributed by atoms with Gasteiger partial charge in [-0.1, -0.05) is 30.3 Å². The molecule has 1 aromatic carbocycles. The maximum atomic E-state index is 6.23. The Balaban J connectivity index is 2.00. The predicted octanol–water partition coefficient (Wildman–Crippen LogP) is 2.36. The first-order valence-electron chi connectivity index (χ1n) is 7.22. The number of nitrogens with zero attached hydrogens (tertiary/aromatic N) is 3. The van der Waals surface area contributed by atoms with E-state index >= 15 is 0 Å². The van der Waals surface area contributed by atoms with Crippen molar-refractivity contribution in [3.63, 3.8) is 0 Å². The van der Waals surface area contributed by atoms with Crippen LogP contribution in [-0.2, 0) is 13.0 Å². The third kappa shape index (κ3) is 3.36. The van der Waals surface area contributed by atoms with Gasteiger partial charge in [-0.15, -0.1) is 10.2 Å². The molecule has 1 aromatic heterocycles. The number of rotatable bonds is 7. The molecule has 0 radical (unpaired) electrons. The minimum Gasteiger partial charge on any atom is -0.355 e. The number of nitrogens with two attached hydrogens (primary N) is 1. The average Bonchev–Trinajstić information content (AvgIpc) is 2.88. The molecule has 0 aliphatic carbocycles. The van der Waals surface area contributed by atoms with Gasteiger partial charge in [-0.25, -0.2) is 0 Å². The predicted molar refractivity (Wildman–Crippen MR) is 81.6 cm³/mol. The largest absolute Gasteiger partial charge is 0.355 e. The lowest BCUT2D eigenvalue weighted by molar-refractivity contribution is 0.605. The van der Waals surface area contributed by atoms with Gasteiger partial charge in [0.15, 0.2) is 0 Å². The maximum absolute atomic E-state index is 6.23. The van der Waals surface area contributed by atoms with E-state index in [1.165, 1.54) is 5.56 Å². The van der Waals surface area contributed by atoms with Crippen LogP contribution in [0.3, 0.4) is 0 Å². The molecule has 0 aliphatic heterocycles. The lowest BCUT2D eigenvalue weighted by Crippen LogP contribution is -2.13. The maximum Gasteiger partial charge on any atom is 0.224 e. The number of benzene rings is 1. The van der Waals surface area contributed by atoms with Crippen LogP contribution in [-0.4, -0.2) is 21.3 Å². The summed E-state index contributed by atoms with van der Waals surface area (Å²) >= 11 is 0. The van der Waals surface area contributed by atoms with Crippen molar-refractivity contribution in [2.24, 2.45) is 5.73 Å². The summed E-state index contributed by atoms with van der Waals surface area (Å²) in [5.41, 5.74) is 7.40. The van der Waals surface area contributed by atoms with Crippen LogP contribution in [0.15, 0.2) is 30.3 Å². The average molecular weight is 273 g/mol. The highest BCUT2D eigenvalue weighted by Gasteiger charge is 2.12. The Labute approximate surface area is 120 Å². The van der Waals surface area contributed by atoms with E-state index in [0.29, 0.717) is 0 Å². The molecule has 1 heterocycles. The Morgan fingerprint density at radius 1 is 1.20 bits per heavy atom. The first-order valence-corrected chi connectivity index (χ1v) is 7.22. The fourth-order valence-electron chi connectivity index (χ4n) is 2.29. The van der Waals surface area contributed by atoms with Gasteiger partial charge in [-0.05, 0) is 25.8 Å². The fourth-order valence-corrected chi connectivity index (χ4v) is 2.29. The summed E-state index contributed by atoms with van der Waals surface area (Å²) in [5.74, 6) is 1.84. The molecule has 2 aromatic rings. The van der Waals surface area contributed by atoms with E-state index < -0.39 is 0 Å². The van der Waals surface area contributed by atoms with Gasteiger partial charge in [-0.2, -0.15) is 0 Å². The molecule has 0 saturated carbocycles. The van der Waals surface area contributed by atoms with Crippen LogP contribution >= 0.6 is 0 Å². The summed E-state index contributed by atoms with van der Waals surface area (Å²) in [4.78, 5) is 0. The smallest absolute Gasteiger partial charge is 0.224 e. The molecule has 0 fully saturated rings. The molecular formula is C15H23N5. The van der Waals surface area contributed by atoms with Crippen LogP contribution in [0, 0.1) is 0 Å². The molecule has 3 N–H and O–H groups in total. The van der Waals surface area contributed by atoms with Gasteiger partial charge in [-0.3, -0.25) is 4.57 Å². The van der Waals surface area contributed by atoms with Crippen molar-refractivity contribution in [2.45, 2.75) is 39.3 Å². The lowest BCUT2D eigenvalue weighted by atomic mass is 10.0. The molecule has 0 bridgehead atoms. The second-order valence-corrected chi connectivity index (χ2v) is 4.77. The highest BCUT2D eigenvalue weighted by atomic mass is 15.3. The van der Waals surface area contributed by atoms with Crippen LogP contribution in [0.2, 0.25) is 0 Å². The Morgan fingerprint density at radius 3 is 2.60 bits per heavy atom. The van der Waals surface area contributed by atoms with Gasteiger partial charge in [0.25, 0.3) is 0 Å². The molecule has 0 aliphatic rings. The van der Waals surface area contributed by atoms with Crippen LogP contribution in [0.25, 0.3) is 0 Å². The molecule has 108 valence electrons. The van der Waals surface area contributed by atoms with E-state index in [2.05, 4.69) is 46.1 Å². The van der Waals surface area contributed by atoms with Crippen molar-refractivity contribution < 1.29 is 0 Å². The number of anilines is 1. The zero-order chi connectivity index (χ0) is 14.4. The summed E-state index contributed by atoms with van der Waals surface area (Å²) < 4.78 is 2.11. The summed E-state index contributed by atoms with van der Waals surface area (Å²) in [5, 5.41) is 11.7. The standard InChI is InChI=1S/C15H23N5/c1-3-17-15-19-18-14(20(15)4-2)11-10-13(16)12-8-6-5-7-9-12/h5-9,13H,3-4,10-11,16H2,1-2H3,(H,17,19). The topological polar surface area (TPSA) is 68.8 Å². The van der Waals surface area contributed by atoms with E-state index in [1.54, 1.807) is 0 Å². The highest BCUT2D eigenvalue weighted by molar-refractivity contribution is 5.25. The van der Waals surface area contributed by atoms with Crippen molar-refractivity contribution in [3.05, 3.63) is 41.7 Å². The Hall–Kier alpha value is -1.88. The highest BCUT2D eigenvalue weighted by Crippen LogP contribution is 2.17. The van der Waals surface area contributed by atoms with E-state index in [0.717, 1.165) is 37.7 Å². The molecule has 0 spiro atoms.